The second-order valence-corrected chi connectivity index (χ2v) is 7.71. The molecule has 0 radical (unpaired) electrons. The number of ether oxygens (including phenoxy) is 1. The van der Waals surface area contributed by atoms with Crippen LogP contribution in [0.3, 0.4) is 0 Å². The fraction of sp³-hybridized carbons (Fsp3) is 0.348. The van der Waals surface area contributed by atoms with Crippen LogP contribution in [0.15, 0.2) is 54.9 Å². The number of hydrogen-bond acceptors (Lipinski definition) is 4. The Hall–Kier alpha value is -2.95. The summed E-state index contributed by atoms with van der Waals surface area (Å²) in [5, 5.41) is 1.11. The molecule has 3 aromatic rings. The number of amides is 1. The molecule has 0 atom stereocenters. The summed E-state index contributed by atoms with van der Waals surface area (Å²) in [6.45, 7) is 1.60. The molecule has 1 aliphatic heterocycles. The van der Waals surface area contributed by atoms with E-state index in [1.165, 1.54) is 0 Å². The lowest BCUT2D eigenvalue weighted by molar-refractivity contribution is -0.134. The third-order valence-electron chi connectivity index (χ3n) is 5.61. The summed E-state index contributed by atoms with van der Waals surface area (Å²) >= 11 is 0. The number of para-hydroxylation sites is 1. The highest BCUT2D eigenvalue weighted by Crippen LogP contribution is 2.32. The van der Waals surface area contributed by atoms with Gasteiger partial charge < -0.3 is 9.64 Å². The minimum Gasteiger partial charge on any atom is -0.489 e. The van der Waals surface area contributed by atoms with Crippen molar-refractivity contribution >= 4 is 16.8 Å². The van der Waals surface area contributed by atoms with Gasteiger partial charge in [-0.25, -0.2) is 0 Å². The lowest BCUT2D eigenvalue weighted by Gasteiger charge is -2.32. The van der Waals surface area contributed by atoms with E-state index in [-0.39, 0.29) is 6.10 Å². The molecule has 1 saturated heterocycles. The first-order valence-corrected chi connectivity index (χ1v) is 10.0. The molecule has 1 amide bonds. The van der Waals surface area contributed by atoms with Crippen molar-refractivity contribution < 1.29 is 9.53 Å². The Kier molecular flexibility index (Phi) is 4.43. The van der Waals surface area contributed by atoms with E-state index >= 15 is 0 Å². The molecule has 5 nitrogen and oxygen atoms in total. The Labute approximate surface area is 164 Å². The van der Waals surface area contributed by atoms with Crippen LogP contribution in [0, 0.1) is 5.92 Å². The van der Waals surface area contributed by atoms with Crippen molar-refractivity contribution in [3.8, 4) is 17.0 Å². The average Bonchev–Trinajstić information content (AvgIpc) is 3.59. The molecular weight excluding hydrogens is 350 g/mol. The number of carbonyl (C=O) groups excluding carboxylic acids is 1. The number of rotatable bonds is 4. The van der Waals surface area contributed by atoms with Gasteiger partial charge in [-0.2, -0.15) is 0 Å². The summed E-state index contributed by atoms with van der Waals surface area (Å²) in [5.74, 6) is 1.43. The fourth-order valence-corrected chi connectivity index (χ4v) is 3.81. The summed E-state index contributed by atoms with van der Waals surface area (Å²) < 4.78 is 6.10. The van der Waals surface area contributed by atoms with E-state index in [0.29, 0.717) is 11.8 Å². The molecule has 0 N–H and O–H groups in total. The van der Waals surface area contributed by atoms with Gasteiger partial charge in [0.05, 0.1) is 17.4 Å². The minimum atomic E-state index is 0.151. The largest absolute Gasteiger partial charge is 0.489 e. The van der Waals surface area contributed by atoms with Gasteiger partial charge in [-0.1, -0.05) is 18.2 Å². The van der Waals surface area contributed by atoms with Crippen molar-refractivity contribution in [2.24, 2.45) is 5.92 Å². The smallest absolute Gasteiger partial charge is 0.225 e. The number of fused-ring (bicyclic) bond motifs is 1. The lowest BCUT2D eigenvalue weighted by atomic mass is 10.1. The first-order chi connectivity index (χ1) is 13.8. The van der Waals surface area contributed by atoms with Gasteiger partial charge in [0, 0.05) is 49.0 Å². The summed E-state index contributed by atoms with van der Waals surface area (Å²) in [6.07, 6.45) is 7.70. The van der Waals surface area contributed by atoms with Gasteiger partial charge in [0.1, 0.15) is 11.9 Å². The van der Waals surface area contributed by atoms with E-state index in [1.807, 2.05) is 41.4 Å². The number of benzene rings is 1. The molecule has 1 aromatic carbocycles. The normalized spacial score (nSPS) is 17.6. The van der Waals surface area contributed by atoms with Crippen molar-refractivity contribution in [2.75, 3.05) is 13.1 Å². The van der Waals surface area contributed by atoms with Gasteiger partial charge in [-0.15, -0.1) is 0 Å². The van der Waals surface area contributed by atoms with Crippen molar-refractivity contribution in [1.29, 1.82) is 0 Å². The number of pyridine rings is 2. The van der Waals surface area contributed by atoms with Crippen LogP contribution in [-0.2, 0) is 4.79 Å². The Bertz CT molecular complexity index is 990. The average molecular weight is 373 g/mol. The van der Waals surface area contributed by atoms with Crippen LogP contribution in [0.25, 0.3) is 22.2 Å². The fourth-order valence-electron chi connectivity index (χ4n) is 3.81. The minimum absolute atomic E-state index is 0.151. The zero-order valence-electron chi connectivity index (χ0n) is 15.8. The lowest BCUT2D eigenvalue weighted by Crippen LogP contribution is -2.42. The van der Waals surface area contributed by atoms with Gasteiger partial charge in [0.25, 0.3) is 0 Å². The maximum atomic E-state index is 12.1. The molecule has 3 heterocycles. The topological polar surface area (TPSA) is 55.3 Å². The van der Waals surface area contributed by atoms with Gasteiger partial charge in [0.15, 0.2) is 0 Å². The van der Waals surface area contributed by atoms with E-state index < -0.39 is 0 Å². The van der Waals surface area contributed by atoms with Gasteiger partial charge in [0.2, 0.25) is 5.91 Å². The van der Waals surface area contributed by atoms with Crippen LogP contribution >= 0.6 is 0 Å². The molecule has 1 saturated carbocycles. The molecule has 142 valence electrons. The monoisotopic (exact) mass is 373 g/mol. The van der Waals surface area contributed by atoms with Crippen LogP contribution in [-0.4, -0.2) is 40.0 Å². The molecule has 0 bridgehead atoms. The maximum Gasteiger partial charge on any atom is 0.225 e. The SMILES string of the molecule is O=C(C1CC1)N1CCC(Oc2ccc(-c3cnc4ccccc4c3)nc2)CC1. The highest BCUT2D eigenvalue weighted by atomic mass is 16.5. The molecule has 2 aromatic heterocycles. The van der Waals surface area contributed by atoms with Crippen molar-refractivity contribution in [2.45, 2.75) is 31.8 Å². The Morgan fingerprint density at radius 3 is 2.54 bits per heavy atom. The molecule has 0 unspecified atom stereocenters. The van der Waals surface area contributed by atoms with E-state index in [1.54, 1.807) is 6.20 Å². The molecule has 5 heteroatoms. The van der Waals surface area contributed by atoms with Crippen LogP contribution < -0.4 is 4.74 Å². The van der Waals surface area contributed by atoms with Crippen molar-refractivity contribution in [1.82, 2.24) is 14.9 Å². The number of piperidine rings is 1. The second kappa shape index (κ2) is 7.23. The van der Waals surface area contributed by atoms with Crippen LogP contribution in [0.2, 0.25) is 0 Å². The Balaban J connectivity index is 1.22. The first-order valence-electron chi connectivity index (χ1n) is 10.0. The molecule has 28 heavy (non-hydrogen) atoms. The van der Waals surface area contributed by atoms with E-state index in [2.05, 4.69) is 22.1 Å². The summed E-state index contributed by atoms with van der Waals surface area (Å²) in [5.41, 5.74) is 2.87. The number of likely N-dealkylation sites (tertiary alicyclic amines) is 1. The second-order valence-electron chi connectivity index (χ2n) is 7.71. The molecule has 2 fully saturated rings. The zero-order chi connectivity index (χ0) is 18.9. The molecule has 5 rings (SSSR count). The van der Waals surface area contributed by atoms with Crippen molar-refractivity contribution in [3.05, 3.63) is 54.9 Å². The van der Waals surface area contributed by atoms with Gasteiger partial charge in [-0.3, -0.25) is 14.8 Å². The Morgan fingerprint density at radius 2 is 1.79 bits per heavy atom. The van der Waals surface area contributed by atoms with E-state index in [0.717, 1.165) is 66.7 Å². The van der Waals surface area contributed by atoms with E-state index in [9.17, 15) is 4.79 Å². The van der Waals surface area contributed by atoms with E-state index in [4.69, 9.17) is 4.74 Å². The van der Waals surface area contributed by atoms with Crippen LogP contribution in [0.4, 0.5) is 0 Å². The van der Waals surface area contributed by atoms with Crippen LogP contribution in [0.1, 0.15) is 25.7 Å². The first kappa shape index (κ1) is 17.2. The molecular formula is C23H23N3O2. The predicted molar refractivity (Wildman–Crippen MR) is 108 cm³/mol. The summed E-state index contributed by atoms with van der Waals surface area (Å²) in [7, 11) is 0. The zero-order valence-corrected chi connectivity index (χ0v) is 15.8. The third-order valence-corrected chi connectivity index (χ3v) is 5.61. The van der Waals surface area contributed by atoms with Gasteiger partial charge in [-0.05, 0) is 37.1 Å². The predicted octanol–water partition coefficient (Wildman–Crippen LogP) is 4.08. The van der Waals surface area contributed by atoms with Gasteiger partial charge >= 0.3 is 0 Å². The van der Waals surface area contributed by atoms with Crippen LogP contribution in [0.5, 0.6) is 5.75 Å². The highest BCUT2D eigenvalue weighted by molar-refractivity contribution is 5.83. The number of carbonyl (C=O) groups is 1. The number of aromatic nitrogens is 2. The summed E-state index contributed by atoms with van der Waals surface area (Å²) in [6, 6.07) is 14.1. The molecule has 1 aliphatic carbocycles. The summed E-state index contributed by atoms with van der Waals surface area (Å²) in [4.78, 5) is 23.2. The quantitative estimate of drug-likeness (QED) is 0.692. The third kappa shape index (κ3) is 3.57. The standard InChI is InChI=1S/C23H23N3O2/c27-23(16-5-6-16)26-11-9-19(10-12-26)28-20-7-8-22(25-15-20)18-13-17-3-1-2-4-21(17)24-14-18/h1-4,7-8,13-16,19H,5-6,9-12H2. The number of hydrogen-bond donors (Lipinski definition) is 0. The van der Waals surface area contributed by atoms with Crippen molar-refractivity contribution in [3.63, 3.8) is 0 Å². The maximum absolute atomic E-state index is 12.1. The molecule has 0 spiro atoms. The highest BCUT2D eigenvalue weighted by Gasteiger charge is 2.35. The number of nitrogens with zero attached hydrogens (tertiary/aromatic N) is 3. The Morgan fingerprint density at radius 1 is 0.964 bits per heavy atom. The molecule has 2 aliphatic rings.